The Morgan fingerprint density at radius 1 is 0.804 bits per heavy atom. The number of thiazole rings is 1. The number of aromatic nitrogens is 1. The molecule has 0 saturated carbocycles. The average molecular weight is 715 g/mol. The molecule has 1 atom stereocenters. The summed E-state index contributed by atoms with van der Waals surface area (Å²) in [6.07, 6.45) is 1.53. The van der Waals surface area contributed by atoms with E-state index >= 15 is 0 Å². The zero-order chi connectivity index (χ0) is 35.7. The number of methoxy groups -OCH3 is 2. The van der Waals surface area contributed by atoms with Gasteiger partial charge in [-0.25, -0.2) is 4.98 Å². The second-order valence-corrected chi connectivity index (χ2v) is 13.6. The third-order valence-corrected chi connectivity index (χ3v) is 9.67. The van der Waals surface area contributed by atoms with Crippen molar-refractivity contribution in [2.45, 2.75) is 17.1 Å². The highest BCUT2D eigenvalue weighted by molar-refractivity contribution is 8.00. The van der Waals surface area contributed by atoms with Crippen LogP contribution in [-0.2, 0) is 9.59 Å². The maximum atomic E-state index is 13.7. The van der Waals surface area contributed by atoms with Gasteiger partial charge < -0.3 is 25.4 Å². The molecule has 0 spiro atoms. The van der Waals surface area contributed by atoms with Gasteiger partial charge in [-0.1, -0.05) is 72.8 Å². The highest BCUT2D eigenvalue weighted by Crippen LogP contribution is 2.33. The molecule has 3 amide bonds. The number of carbonyl (C=O) groups excluding carboxylic acids is 3. The summed E-state index contributed by atoms with van der Waals surface area (Å²) in [6, 6.07) is 35.3. The molecule has 1 aromatic heterocycles. The number of nitrogens with one attached hydrogen (secondary N) is 3. The summed E-state index contributed by atoms with van der Waals surface area (Å²) in [4.78, 5) is 45.4. The third kappa shape index (κ3) is 8.64. The van der Waals surface area contributed by atoms with E-state index in [0.717, 1.165) is 26.9 Å². The van der Waals surface area contributed by atoms with Gasteiger partial charge in [-0.3, -0.25) is 14.4 Å². The first-order valence-electron chi connectivity index (χ1n) is 15.9. The van der Waals surface area contributed by atoms with Gasteiger partial charge in [-0.15, -0.1) is 23.1 Å². The normalized spacial score (nSPS) is 11.8. The van der Waals surface area contributed by atoms with Crippen LogP contribution in [0.5, 0.6) is 11.5 Å². The van der Waals surface area contributed by atoms with E-state index in [9.17, 15) is 14.4 Å². The van der Waals surface area contributed by atoms with Crippen LogP contribution < -0.4 is 25.4 Å². The number of nitrogens with zero attached hydrogens (tertiary/aromatic N) is 1. The zero-order valence-corrected chi connectivity index (χ0v) is 29.6. The van der Waals surface area contributed by atoms with Gasteiger partial charge in [0.2, 0.25) is 5.91 Å². The summed E-state index contributed by atoms with van der Waals surface area (Å²) < 4.78 is 11.0. The number of hydrogen-bond acceptors (Lipinski definition) is 8. The van der Waals surface area contributed by atoms with E-state index in [2.05, 4.69) is 45.2 Å². The maximum Gasteiger partial charge on any atom is 0.272 e. The van der Waals surface area contributed by atoms with E-state index in [-0.39, 0.29) is 11.6 Å². The molecular formula is C40H34N4O5S2. The summed E-state index contributed by atoms with van der Waals surface area (Å²) in [7, 11) is 3.02. The van der Waals surface area contributed by atoms with Gasteiger partial charge in [-0.2, -0.15) is 0 Å². The Morgan fingerprint density at radius 2 is 1.57 bits per heavy atom. The number of ether oxygens (including phenoxy) is 2. The lowest BCUT2D eigenvalue weighted by atomic mass is 10.1. The van der Waals surface area contributed by atoms with E-state index in [1.165, 1.54) is 43.4 Å². The van der Waals surface area contributed by atoms with Gasteiger partial charge in [0.05, 0.1) is 25.2 Å². The van der Waals surface area contributed by atoms with E-state index in [4.69, 9.17) is 9.47 Å². The smallest absolute Gasteiger partial charge is 0.272 e. The van der Waals surface area contributed by atoms with Crippen LogP contribution in [0, 0.1) is 0 Å². The summed E-state index contributed by atoms with van der Waals surface area (Å²) in [5.74, 6) is -0.318. The molecule has 9 nitrogen and oxygen atoms in total. The molecule has 1 heterocycles. The average Bonchev–Trinajstić information content (AvgIpc) is 3.63. The topological polar surface area (TPSA) is 119 Å². The van der Waals surface area contributed by atoms with E-state index < -0.39 is 17.1 Å². The Morgan fingerprint density at radius 3 is 2.35 bits per heavy atom. The van der Waals surface area contributed by atoms with Crippen molar-refractivity contribution in [1.82, 2.24) is 10.3 Å². The number of carbonyl (C=O) groups is 3. The Bertz CT molecular complexity index is 2240. The molecule has 6 aromatic rings. The Balaban J connectivity index is 1.14. The van der Waals surface area contributed by atoms with Crippen molar-refractivity contribution < 1.29 is 23.9 Å². The molecule has 0 aliphatic rings. The van der Waals surface area contributed by atoms with Crippen LogP contribution in [-0.4, -0.2) is 42.2 Å². The zero-order valence-electron chi connectivity index (χ0n) is 28.0. The Kier molecular flexibility index (Phi) is 11.1. The van der Waals surface area contributed by atoms with Crippen molar-refractivity contribution in [2.24, 2.45) is 0 Å². The fourth-order valence-electron chi connectivity index (χ4n) is 5.25. The van der Waals surface area contributed by atoms with Crippen LogP contribution in [0.3, 0.4) is 0 Å². The molecular weight excluding hydrogens is 681 g/mol. The first kappa shape index (κ1) is 34.9. The Hall–Kier alpha value is -5.91. The molecule has 0 fully saturated rings. The summed E-state index contributed by atoms with van der Waals surface area (Å²) in [5, 5.41) is 12.8. The summed E-state index contributed by atoms with van der Waals surface area (Å²) in [5.41, 5.74) is 3.17. The number of amides is 3. The first-order chi connectivity index (χ1) is 24.8. The highest BCUT2D eigenvalue weighted by Gasteiger charge is 2.19. The second kappa shape index (κ2) is 16.2. The minimum Gasteiger partial charge on any atom is -0.493 e. The van der Waals surface area contributed by atoms with Gasteiger partial charge in [0.15, 0.2) is 16.6 Å². The number of thioether (sulfide) groups is 1. The van der Waals surface area contributed by atoms with Crippen LogP contribution >= 0.6 is 23.1 Å². The lowest BCUT2D eigenvalue weighted by Gasteiger charge is -2.15. The van der Waals surface area contributed by atoms with Gasteiger partial charge >= 0.3 is 0 Å². The molecule has 256 valence electrons. The number of rotatable bonds is 12. The predicted molar refractivity (Wildman–Crippen MR) is 206 cm³/mol. The highest BCUT2D eigenvalue weighted by atomic mass is 32.2. The number of anilines is 2. The quantitative estimate of drug-likeness (QED) is 0.0859. The van der Waals surface area contributed by atoms with E-state index in [1.54, 1.807) is 66.7 Å². The monoisotopic (exact) mass is 714 g/mol. The van der Waals surface area contributed by atoms with Gasteiger partial charge in [-0.05, 0) is 66.2 Å². The van der Waals surface area contributed by atoms with Crippen LogP contribution in [0.15, 0.2) is 131 Å². The van der Waals surface area contributed by atoms with Crippen molar-refractivity contribution in [1.29, 1.82) is 0 Å². The summed E-state index contributed by atoms with van der Waals surface area (Å²) >= 11 is 2.71. The maximum absolute atomic E-state index is 13.7. The predicted octanol–water partition coefficient (Wildman–Crippen LogP) is 8.51. The van der Waals surface area contributed by atoms with Gasteiger partial charge in [0, 0.05) is 32.7 Å². The van der Waals surface area contributed by atoms with Crippen LogP contribution in [0.4, 0.5) is 10.8 Å². The number of benzene rings is 5. The minimum absolute atomic E-state index is 0.00675. The van der Waals surface area contributed by atoms with Gasteiger partial charge in [0.25, 0.3) is 11.8 Å². The number of hydrogen-bond donors (Lipinski definition) is 3. The van der Waals surface area contributed by atoms with E-state index in [1.807, 2.05) is 36.6 Å². The van der Waals surface area contributed by atoms with Crippen molar-refractivity contribution in [3.05, 3.63) is 137 Å². The molecule has 11 heteroatoms. The lowest BCUT2D eigenvalue weighted by molar-refractivity contribution is -0.115. The molecule has 0 aliphatic heterocycles. The fraction of sp³-hybridized carbons (Fsp3) is 0.100. The minimum atomic E-state index is -0.553. The molecule has 0 saturated heterocycles. The molecule has 0 bridgehead atoms. The SMILES string of the molecule is COc1cccc(/C=C(/NC(=O)c2ccccc2)C(=O)Nc2cccc(SC(C)C(=O)Nc3nc(-c4ccc5ccccc5c4)cs3)c2)c1OC. The van der Waals surface area contributed by atoms with Crippen molar-refractivity contribution in [2.75, 3.05) is 24.9 Å². The number of fused-ring (bicyclic) bond motifs is 1. The standard InChI is InChI=1S/C40H34N4O5S2/c1-25(37(45)44-40-43-34(24-50-40)29-20-19-26-11-7-8-14-28(26)21-29)51-32-17-10-16-31(23-32)41-39(47)33(42-38(46)27-12-5-4-6-13-27)22-30-15-9-18-35(48-2)36(30)49-3/h4-25H,1-3H3,(H,41,47)(H,42,46)(H,43,44,45)/b33-22+. The first-order valence-corrected chi connectivity index (χ1v) is 17.7. The molecule has 0 radical (unpaired) electrons. The lowest BCUT2D eigenvalue weighted by Crippen LogP contribution is -2.30. The molecule has 1 unspecified atom stereocenters. The molecule has 5 aromatic carbocycles. The van der Waals surface area contributed by atoms with Gasteiger partial charge in [0.1, 0.15) is 5.70 Å². The largest absolute Gasteiger partial charge is 0.493 e. The van der Waals surface area contributed by atoms with Crippen molar-refractivity contribution in [3.8, 4) is 22.8 Å². The van der Waals surface area contributed by atoms with E-state index in [0.29, 0.717) is 33.4 Å². The Labute approximate surface area is 303 Å². The molecule has 6 rings (SSSR count). The third-order valence-electron chi connectivity index (χ3n) is 7.82. The van der Waals surface area contributed by atoms with Crippen molar-refractivity contribution in [3.63, 3.8) is 0 Å². The van der Waals surface area contributed by atoms with Crippen molar-refractivity contribution >= 4 is 68.5 Å². The summed E-state index contributed by atoms with van der Waals surface area (Å²) in [6.45, 7) is 1.81. The molecule has 51 heavy (non-hydrogen) atoms. The van der Waals surface area contributed by atoms with Crippen LogP contribution in [0.25, 0.3) is 28.1 Å². The fourth-order valence-corrected chi connectivity index (χ4v) is 6.90. The van der Waals surface area contributed by atoms with Crippen LogP contribution in [0.2, 0.25) is 0 Å². The molecule has 3 N–H and O–H groups in total. The van der Waals surface area contributed by atoms with Crippen LogP contribution in [0.1, 0.15) is 22.8 Å². The number of para-hydroxylation sites is 1. The second-order valence-electron chi connectivity index (χ2n) is 11.3. The molecule has 0 aliphatic carbocycles.